The topological polar surface area (TPSA) is 35.5 Å². The first-order valence-electron chi connectivity index (χ1n) is 5.60. The van der Waals surface area contributed by atoms with Crippen LogP contribution in [0.1, 0.15) is 45.4 Å². The highest BCUT2D eigenvalue weighted by Crippen LogP contribution is 2.13. The second kappa shape index (κ2) is 6.82. The van der Waals surface area contributed by atoms with Gasteiger partial charge in [-0.25, -0.2) is 0 Å². The van der Waals surface area contributed by atoms with E-state index in [2.05, 4.69) is 6.92 Å². The summed E-state index contributed by atoms with van der Waals surface area (Å²) in [4.78, 5) is 11.2. The Morgan fingerprint density at radius 2 is 2.36 bits per heavy atom. The lowest BCUT2D eigenvalue weighted by Gasteiger charge is -2.21. The predicted octanol–water partition coefficient (Wildman–Crippen LogP) is 2.29. The second-order valence-corrected chi connectivity index (χ2v) is 3.78. The molecule has 0 N–H and O–H groups in total. The van der Waals surface area contributed by atoms with Crippen molar-refractivity contribution in [2.45, 2.75) is 51.6 Å². The van der Waals surface area contributed by atoms with E-state index in [0.717, 1.165) is 32.3 Å². The van der Waals surface area contributed by atoms with Gasteiger partial charge in [-0.15, -0.1) is 0 Å². The lowest BCUT2D eigenvalue weighted by molar-refractivity contribution is -0.149. The van der Waals surface area contributed by atoms with Gasteiger partial charge in [0.1, 0.15) is 6.61 Å². The van der Waals surface area contributed by atoms with Crippen molar-refractivity contribution in [2.75, 3.05) is 13.2 Å². The van der Waals surface area contributed by atoms with Crippen molar-refractivity contribution in [3.63, 3.8) is 0 Å². The zero-order valence-corrected chi connectivity index (χ0v) is 8.96. The van der Waals surface area contributed by atoms with Crippen LogP contribution in [0, 0.1) is 0 Å². The number of esters is 1. The molecular weight excluding hydrogens is 180 g/mol. The highest BCUT2D eigenvalue weighted by molar-refractivity contribution is 5.69. The molecule has 1 rings (SSSR count). The number of hydrogen-bond donors (Lipinski definition) is 0. The predicted molar refractivity (Wildman–Crippen MR) is 54.1 cm³/mol. The summed E-state index contributed by atoms with van der Waals surface area (Å²) in [5, 5.41) is 0. The van der Waals surface area contributed by atoms with E-state index in [0.29, 0.717) is 13.0 Å². The monoisotopic (exact) mass is 200 g/mol. The van der Waals surface area contributed by atoms with Crippen molar-refractivity contribution in [3.05, 3.63) is 0 Å². The molecule has 14 heavy (non-hydrogen) atoms. The number of rotatable bonds is 5. The molecule has 1 heterocycles. The van der Waals surface area contributed by atoms with Crippen LogP contribution in [0.15, 0.2) is 0 Å². The maximum absolute atomic E-state index is 11.2. The van der Waals surface area contributed by atoms with E-state index in [1.54, 1.807) is 0 Å². The number of carbonyl (C=O) groups excluding carboxylic acids is 1. The molecule has 0 aromatic rings. The molecule has 0 aliphatic carbocycles. The molecule has 3 heteroatoms. The van der Waals surface area contributed by atoms with Gasteiger partial charge >= 0.3 is 5.97 Å². The molecule has 1 fully saturated rings. The van der Waals surface area contributed by atoms with E-state index < -0.39 is 0 Å². The molecule has 0 saturated carbocycles. The Labute approximate surface area is 85.8 Å². The first-order valence-corrected chi connectivity index (χ1v) is 5.60. The Morgan fingerprint density at radius 1 is 1.50 bits per heavy atom. The van der Waals surface area contributed by atoms with Gasteiger partial charge in [0.25, 0.3) is 0 Å². The zero-order chi connectivity index (χ0) is 10.2. The van der Waals surface area contributed by atoms with Gasteiger partial charge in [-0.3, -0.25) is 4.79 Å². The van der Waals surface area contributed by atoms with Crippen LogP contribution in [0.3, 0.4) is 0 Å². The van der Waals surface area contributed by atoms with E-state index in [9.17, 15) is 4.79 Å². The normalized spacial score (nSPS) is 21.9. The SMILES string of the molecule is CCCCC(=O)OCC1CCCCO1. The van der Waals surface area contributed by atoms with Gasteiger partial charge in [-0.05, 0) is 25.7 Å². The molecule has 0 bridgehead atoms. The summed E-state index contributed by atoms with van der Waals surface area (Å²) in [6.45, 7) is 3.33. The lowest BCUT2D eigenvalue weighted by atomic mass is 10.1. The molecule has 3 nitrogen and oxygen atoms in total. The summed E-state index contributed by atoms with van der Waals surface area (Å²) >= 11 is 0. The van der Waals surface area contributed by atoms with Gasteiger partial charge in [-0.2, -0.15) is 0 Å². The third kappa shape index (κ3) is 4.61. The fraction of sp³-hybridized carbons (Fsp3) is 0.909. The van der Waals surface area contributed by atoms with Crippen LogP contribution in [-0.2, 0) is 14.3 Å². The minimum Gasteiger partial charge on any atom is -0.463 e. The molecule has 1 unspecified atom stereocenters. The van der Waals surface area contributed by atoms with Crippen LogP contribution in [0.2, 0.25) is 0 Å². The third-order valence-electron chi connectivity index (χ3n) is 2.44. The minimum absolute atomic E-state index is 0.0824. The average molecular weight is 200 g/mol. The number of unbranched alkanes of at least 4 members (excludes halogenated alkanes) is 1. The van der Waals surface area contributed by atoms with E-state index in [1.165, 1.54) is 6.42 Å². The van der Waals surface area contributed by atoms with Crippen molar-refractivity contribution < 1.29 is 14.3 Å². The quantitative estimate of drug-likeness (QED) is 0.639. The van der Waals surface area contributed by atoms with Crippen molar-refractivity contribution in [1.82, 2.24) is 0 Å². The smallest absolute Gasteiger partial charge is 0.305 e. The maximum atomic E-state index is 11.2. The van der Waals surface area contributed by atoms with E-state index in [-0.39, 0.29) is 12.1 Å². The lowest BCUT2D eigenvalue weighted by Crippen LogP contribution is -2.25. The Balaban J connectivity index is 2.03. The first kappa shape index (κ1) is 11.5. The first-order chi connectivity index (χ1) is 6.83. The summed E-state index contributed by atoms with van der Waals surface area (Å²) in [5.74, 6) is -0.0824. The van der Waals surface area contributed by atoms with Crippen molar-refractivity contribution in [2.24, 2.45) is 0 Å². The summed E-state index contributed by atoms with van der Waals surface area (Å²) in [6, 6.07) is 0. The molecule has 0 spiro atoms. The van der Waals surface area contributed by atoms with Gasteiger partial charge in [0.2, 0.25) is 0 Å². The summed E-state index contributed by atoms with van der Waals surface area (Å²) in [6.07, 6.45) is 6.01. The van der Waals surface area contributed by atoms with E-state index in [1.807, 2.05) is 0 Å². The highest BCUT2D eigenvalue weighted by atomic mass is 16.6. The van der Waals surface area contributed by atoms with E-state index in [4.69, 9.17) is 9.47 Å². The summed E-state index contributed by atoms with van der Waals surface area (Å²) < 4.78 is 10.6. The summed E-state index contributed by atoms with van der Waals surface area (Å²) in [7, 11) is 0. The van der Waals surface area contributed by atoms with Crippen LogP contribution in [0.4, 0.5) is 0 Å². The molecule has 0 amide bonds. The van der Waals surface area contributed by atoms with Crippen LogP contribution >= 0.6 is 0 Å². The molecule has 1 saturated heterocycles. The minimum atomic E-state index is -0.0824. The summed E-state index contributed by atoms with van der Waals surface area (Å²) in [5.41, 5.74) is 0. The zero-order valence-electron chi connectivity index (χ0n) is 8.96. The Bertz CT molecular complexity index is 162. The van der Waals surface area contributed by atoms with Crippen LogP contribution in [-0.4, -0.2) is 25.3 Å². The molecular formula is C11H20O3. The van der Waals surface area contributed by atoms with Crippen molar-refractivity contribution in [3.8, 4) is 0 Å². The molecule has 1 aliphatic rings. The second-order valence-electron chi connectivity index (χ2n) is 3.78. The Morgan fingerprint density at radius 3 is 3.00 bits per heavy atom. The molecule has 0 aromatic heterocycles. The maximum Gasteiger partial charge on any atom is 0.305 e. The molecule has 0 radical (unpaired) electrons. The van der Waals surface area contributed by atoms with Gasteiger partial charge in [0.05, 0.1) is 6.10 Å². The van der Waals surface area contributed by atoms with Crippen molar-refractivity contribution in [1.29, 1.82) is 0 Å². The molecule has 82 valence electrons. The largest absolute Gasteiger partial charge is 0.463 e. The van der Waals surface area contributed by atoms with Gasteiger partial charge in [-0.1, -0.05) is 13.3 Å². The number of ether oxygens (including phenoxy) is 2. The fourth-order valence-electron chi connectivity index (χ4n) is 1.52. The molecule has 1 aliphatic heterocycles. The fourth-order valence-corrected chi connectivity index (χ4v) is 1.52. The van der Waals surface area contributed by atoms with Gasteiger partial charge in [0.15, 0.2) is 0 Å². The Kier molecular flexibility index (Phi) is 5.60. The third-order valence-corrected chi connectivity index (χ3v) is 2.44. The Hall–Kier alpha value is -0.570. The number of hydrogen-bond acceptors (Lipinski definition) is 3. The standard InChI is InChI=1S/C11H20O3/c1-2-3-7-11(12)14-9-10-6-4-5-8-13-10/h10H,2-9H2,1H3. The van der Waals surface area contributed by atoms with Gasteiger partial charge < -0.3 is 9.47 Å². The molecule has 0 aromatic carbocycles. The van der Waals surface area contributed by atoms with Crippen LogP contribution < -0.4 is 0 Å². The number of carbonyl (C=O) groups is 1. The van der Waals surface area contributed by atoms with Crippen molar-refractivity contribution >= 4 is 5.97 Å². The highest BCUT2D eigenvalue weighted by Gasteiger charge is 2.15. The van der Waals surface area contributed by atoms with Crippen LogP contribution in [0.5, 0.6) is 0 Å². The average Bonchev–Trinajstić information content (AvgIpc) is 2.25. The van der Waals surface area contributed by atoms with E-state index >= 15 is 0 Å². The molecule has 1 atom stereocenters. The van der Waals surface area contributed by atoms with Gasteiger partial charge in [0, 0.05) is 13.0 Å². The van der Waals surface area contributed by atoms with Crippen LogP contribution in [0.25, 0.3) is 0 Å².